The van der Waals surface area contributed by atoms with Crippen LogP contribution < -0.4 is 4.90 Å². The van der Waals surface area contributed by atoms with Crippen LogP contribution in [0.15, 0.2) is 30.3 Å². The second-order valence-corrected chi connectivity index (χ2v) is 5.06. The highest BCUT2D eigenvalue weighted by atomic mass is 32.2. The zero-order valence-corrected chi connectivity index (χ0v) is 8.20. The SMILES string of the molecule is O=C1N(c2ccccc2)CCS1(=O)=O. The molecule has 0 bridgehead atoms. The topological polar surface area (TPSA) is 54.5 Å². The quantitative estimate of drug-likeness (QED) is 0.697. The number of para-hydroxylation sites is 1. The fourth-order valence-corrected chi connectivity index (χ4v) is 2.53. The lowest BCUT2D eigenvalue weighted by molar-refractivity contribution is 0.264. The normalized spacial score (nSPS) is 20.0. The van der Waals surface area contributed by atoms with Crippen LogP contribution in [-0.4, -0.2) is 26.0 Å². The lowest BCUT2D eigenvalue weighted by Crippen LogP contribution is -2.25. The van der Waals surface area contributed by atoms with Crippen molar-refractivity contribution in [1.29, 1.82) is 0 Å². The molecule has 0 aliphatic carbocycles. The van der Waals surface area contributed by atoms with Crippen LogP contribution in [0, 0.1) is 0 Å². The average Bonchev–Trinajstić information content (AvgIpc) is 2.44. The van der Waals surface area contributed by atoms with Crippen LogP contribution in [0.5, 0.6) is 0 Å². The summed E-state index contributed by atoms with van der Waals surface area (Å²) in [7, 11) is -3.54. The molecule has 14 heavy (non-hydrogen) atoms. The molecule has 1 aromatic carbocycles. The number of hydrogen-bond acceptors (Lipinski definition) is 3. The second kappa shape index (κ2) is 3.09. The fourth-order valence-electron chi connectivity index (χ4n) is 1.40. The molecule has 1 amide bonds. The molecule has 0 radical (unpaired) electrons. The molecule has 1 saturated heterocycles. The molecule has 0 unspecified atom stereocenters. The summed E-state index contributed by atoms with van der Waals surface area (Å²) in [6.07, 6.45) is 0. The number of carbonyl (C=O) groups excluding carboxylic acids is 1. The molecule has 0 atom stereocenters. The van der Waals surface area contributed by atoms with Gasteiger partial charge in [-0.15, -0.1) is 0 Å². The molecule has 1 heterocycles. The van der Waals surface area contributed by atoms with Gasteiger partial charge in [0.05, 0.1) is 5.75 Å². The molecular weight excluding hydrogens is 202 g/mol. The van der Waals surface area contributed by atoms with Gasteiger partial charge in [-0.25, -0.2) is 8.42 Å². The molecule has 5 heteroatoms. The van der Waals surface area contributed by atoms with E-state index >= 15 is 0 Å². The van der Waals surface area contributed by atoms with E-state index in [0.717, 1.165) is 0 Å². The van der Waals surface area contributed by atoms with E-state index in [0.29, 0.717) is 5.69 Å². The third-order valence-corrected chi connectivity index (χ3v) is 3.61. The van der Waals surface area contributed by atoms with Crippen molar-refractivity contribution in [3.8, 4) is 0 Å². The van der Waals surface area contributed by atoms with E-state index in [1.807, 2.05) is 6.07 Å². The Bertz CT molecular complexity index is 452. The molecule has 2 rings (SSSR count). The number of sulfone groups is 1. The van der Waals surface area contributed by atoms with Crippen LogP contribution in [0.1, 0.15) is 0 Å². The minimum absolute atomic E-state index is 0.0826. The monoisotopic (exact) mass is 211 g/mol. The summed E-state index contributed by atoms with van der Waals surface area (Å²) in [6, 6.07) is 8.80. The van der Waals surface area contributed by atoms with Gasteiger partial charge in [0.15, 0.2) is 0 Å². The summed E-state index contributed by atoms with van der Waals surface area (Å²) in [5.41, 5.74) is 0.638. The molecular formula is C9H9NO3S. The Morgan fingerprint density at radius 3 is 2.29 bits per heavy atom. The number of nitrogens with zero attached hydrogens (tertiary/aromatic N) is 1. The Balaban J connectivity index is 2.37. The smallest absolute Gasteiger partial charge is 0.298 e. The highest BCUT2D eigenvalue weighted by Crippen LogP contribution is 2.20. The maximum Gasteiger partial charge on any atom is 0.343 e. The maximum atomic E-state index is 11.4. The van der Waals surface area contributed by atoms with Crippen LogP contribution in [-0.2, 0) is 9.84 Å². The second-order valence-electron chi connectivity index (χ2n) is 3.07. The summed E-state index contributed by atoms with van der Waals surface area (Å²) >= 11 is 0. The lowest BCUT2D eigenvalue weighted by atomic mass is 10.3. The predicted octanol–water partition coefficient (Wildman–Crippen LogP) is 1.04. The zero-order chi connectivity index (χ0) is 10.2. The van der Waals surface area contributed by atoms with Crippen molar-refractivity contribution in [2.24, 2.45) is 0 Å². The van der Waals surface area contributed by atoms with Crippen molar-refractivity contribution in [3.63, 3.8) is 0 Å². The van der Waals surface area contributed by atoms with Gasteiger partial charge in [0.1, 0.15) is 0 Å². The van der Waals surface area contributed by atoms with Gasteiger partial charge in [-0.3, -0.25) is 9.69 Å². The standard InChI is InChI=1S/C9H9NO3S/c11-9-10(6-7-14(9,12)13)8-4-2-1-3-5-8/h1-5H,6-7H2. The van der Waals surface area contributed by atoms with Crippen LogP contribution >= 0.6 is 0 Å². The molecule has 0 saturated carbocycles. The molecule has 1 aliphatic heterocycles. The largest absolute Gasteiger partial charge is 0.343 e. The highest BCUT2D eigenvalue weighted by molar-refractivity contribution is 8.06. The number of hydrogen-bond donors (Lipinski definition) is 0. The summed E-state index contributed by atoms with van der Waals surface area (Å²) in [4.78, 5) is 12.7. The first-order chi connectivity index (χ1) is 6.61. The van der Waals surface area contributed by atoms with Crippen LogP contribution in [0.25, 0.3) is 0 Å². The summed E-state index contributed by atoms with van der Waals surface area (Å²) in [5.74, 6) is -0.0826. The Morgan fingerprint density at radius 2 is 1.79 bits per heavy atom. The summed E-state index contributed by atoms with van der Waals surface area (Å²) < 4.78 is 22.3. The Hall–Kier alpha value is -1.36. The molecule has 0 N–H and O–H groups in total. The third-order valence-electron chi connectivity index (χ3n) is 2.14. The van der Waals surface area contributed by atoms with Crippen molar-refractivity contribution >= 4 is 20.8 Å². The Kier molecular flexibility index (Phi) is 2.03. The van der Waals surface area contributed by atoms with E-state index in [4.69, 9.17) is 0 Å². The first kappa shape index (κ1) is 9.21. The Labute approximate surface area is 82.1 Å². The fraction of sp³-hybridized carbons (Fsp3) is 0.222. The lowest BCUT2D eigenvalue weighted by Gasteiger charge is -2.12. The molecule has 0 aromatic heterocycles. The van der Waals surface area contributed by atoms with Gasteiger partial charge in [-0.2, -0.15) is 0 Å². The first-order valence-corrected chi connectivity index (χ1v) is 5.86. The van der Waals surface area contributed by atoms with E-state index in [-0.39, 0.29) is 12.3 Å². The van der Waals surface area contributed by atoms with Gasteiger partial charge in [0.25, 0.3) is 0 Å². The van der Waals surface area contributed by atoms with Crippen LogP contribution in [0.4, 0.5) is 10.5 Å². The van der Waals surface area contributed by atoms with Gasteiger partial charge in [0.2, 0.25) is 9.84 Å². The van der Waals surface area contributed by atoms with Gasteiger partial charge in [-0.05, 0) is 12.1 Å². The first-order valence-electron chi connectivity index (χ1n) is 4.20. The molecule has 1 aromatic rings. The molecule has 1 fully saturated rings. The van der Waals surface area contributed by atoms with Gasteiger partial charge in [-0.1, -0.05) is 18.2 Å². The minimum Gasteiger partial charge on any atom is -0.298 e. The van der Waals surface area contributed by atoms with E-state index in [1.165, 1.54) is 4.90 Å². The number of amides is 1. The van der Waals surface area contributed by atoms with Crippen molar-refractivity contribution in [3.05, 3.63) is 30.3 Å². The number of carbonyl (C=O) groups is 1. The summed E-state index contributed by atoms with van der Waals surface area (Å²) in [5, 5.41) is -0.788. The van der Waals surface area contributed by atoms with Crippen molar-refractivity contribution in [1.82, 2.24) is 0 Å². The molecule has 74 valence electrons. The number of benzene rings is 1. The van der Waals surface area contributed by atoms with Gasteiger partial charge < -0.3 is 0 Å². The Morgan fingerprint density at radius 1 is 1.14 bits per heavy atom. The number of anilines is 1. The third kappa shape index (κ3) is 1.39. The average molecular weight is 211 g/mol. The highest BCUT2D eigenvalue weighted by Gasteiger charge is 2.36. The predicted molar refractivity (Wildman–Crippen MR) is 53.0 cm³/mol. The van der Waals surface area contributed by atoms with Crippen molar-refractivity contribution in [2.45, 2.75) is 0 Å². The van der Waals surface area contributed by atoms with E-state index < -0.39 is 15.1 Å². The van der Waals surface area contributed by atoms with Crippen molar-refractivity contribution in [2.75, 3.05) is 17.2 Å². The van der Waals surface area contributed by atoms with E-state index in [2.05, 4.69) is 0 Å². The van der Waals surface area contributed by atoms with Crippen LogP contribution in [0.2, 0.25) is 0 Å². The van der Waals surface area contributed by atoms with E-state index in [1.54, 1.807) is 24.3 Å². The van der Waals surface area contributed by atoms with E-state index in [9.17, 15) is 13.2 Å². The summed E-state index contributed by atoms with van der Waals surface area (Å²) in [6.45, 7) is 0.255. The minimum atomic E-state index is -3.54. The van der Waals surface area contributed by atoms with Crippen LogP contribution in [0.3, 0.4) is 0 Å². The molecule has 4 nitrogen and oxygen atoms in total. The van der Waals surface area contributed by atoms with Gasteiger partial charge >= 0.3 is 5.24 Å². The molecule has 0 spiro atoms. The molecule has 1 aliphatic rings. The zero-order valence-electron chi connectivity index (χ0n) is 7.38. The maximum absolute atomic E-state index is 11.4. The van der Waals surface area contributed by atoms with Gasteiger partial charge in [0, 0.05) is 12.2 Å². The number of rotatable bonds is 1. The van der Waals surface area contributed by atoms with Crippen molar-refractivity contribution < 1.29 is 13.2 Å².